The van der Waals surface area contributed by atoms with Crippen LogP contribution in [0.3, 0.4) is 0 Å². The van der Waals surface area contributed by atoms with Gasteiger partial charge >= 0.3 is 5.97 Å². The van der Waals surface area contributed by atoms with Gasteiger partial charge < -0.3 is 14.4 Å². The lowest BCUT2D eigenvalue weighted by Crippen LogP contribution is -2.30. The summed E-state index contributed by atoms with van der Waals surface area (Å²) in [7, 11) is 0. The maximum atomic E-state index is 13.6. The predicted molar refractivity (Wildman–Crippen MR) is 136 cm³/mol. The van der Waals surface area contributed by atoms with Gasteiger partial charge in [-0.05, 0) is 73.0 Å². The molecule has 0 saturated carbocycles. The van der Waals surface area contributed by atoms with Gasteiger partial charge in [0, 0.05) is 21.3 Å². The molecule has 178 valence electrons. The normalized spacial score (nSPS) is 10.8. The molecule has 0 aliphatic carbocycles. The Kier molecular flexibility index (Phi) is 8.97. The number of carbonyl (C=O) groups excluding carboxylic acids is 2. The van der Waals surface area contributed by atoms with Gasteiger partial charge in [0.15, 0.2) is 0 Å². The lowest BCUT2D eigenvalue weighted by Gasteiger charge is -2.24. The fourth-order valence-corrected chi connectivity index (χ4v) is 3.70. The van der Waals surface area contributed by atoms with Crippen LogP contribution in [0.2, 0.25) is 10.0 Å². The van der Waals surface area contributed by atoms with Crippen LogP contribution < -0.4 is 9.64 Å². The number of hydrogen-bond acceptors (Lipinski definition) is 4. The predicted octanol–water partition coefficient (Wildman–Crippen LogP) is 7.05. The third kappa shape index (κ3) is 6.75. The molecule has 0 heterocycles. The van der Waals surface area contributed by atoms with Crippen LogP contribution in [0, 0.1) is 5.92 Å². The van der Waals surface area contributed by atoms with Gasteiger partial charge in [-0.1, -0.05) is 49.2 Å². The summed E-state index contributed by atoms with van der Waals surface area (Å²) >= 11 is 12.5. The van der Waals surface area contributed by atoms with E-state index in [0.717, 1.165) is 5.56 Å². The largest absolute Gasteiger partial charge is 0.493 e. The van der Waals surface area contributed by atoms with E-state index in [0.29, 0.717) is 45.1 Å². The molecule has 7 heteroatoms. The highest BCUT2D eigenvalue weighted by Crippen LogP contribution is 2.27. The van der Waals surface area contributed by atoms with Crippen molar-refractivity contribution >= 4 is 40.8 Å². The lowest BCUT2D eigenvalue weighted by atomic mass is 10.1. The van der Waals surface area contributed by atoms with Crippen LogP contribution in [0.15, 0.2) is 66.7 Å². The molecule has 0 fully saturated rings. The summed E-state index contributed by atoms with van der Waals surface area (Å²) in [5, 5.41) is 0.975. The van der Waals surface area contributed by atoms with E-state index in [1.807, 2.05) is 6.07 Å². The highest BCUT2D eigenvalue weighted by molar-refractivity contribution is 6.35. The average molecular weight is 500 g/mol. The molecule has 0 bridgehead atoms. The van der Waals surface area contributed by atoms with Gasteiger partial charge in [-0.15, -0.1) is 0 Å². The number of rotatable bonds is 9. The SMILES string of the molecule is CCOC(=O)c1ccc(N(Cc2ccc(Cl)cc2Cl)C(=O)c2cccc(OCC(C)C)c2)cc1. The van der Waals surface area contributed by atoms with E-state index in [-0.39, 0.29) is 19.1 Å². The van der Waals surface area contributed by atoms with Crippen molar-refractivity contribution in [1.29, 1.82) is 0 Å². The lowest BCUT2D eigenvalue weighted by molar-refractivity contribution is 0.0526. The Morgan fingerprint density at radius 2 is 1.68 bits per heavy atom. The molecule has 0 radical (unpaired) electrons. The Morgan fingerprint density at radius 3 is 2.32 bits per heavy atom. The molecule has 3 rings (SSSR count). The quantitative estimate of drug-likeness (QED) is 0.296. The zero-order valence-electron chi connectivity index (χ0n) is 19.4. The fourth-order valence-electron chi connectivity index (χ4n) is 3.23. The van der Waals surface area contributed by atoms with E-state index in [1.165, 1.54) is 0 Å². The number of anilines is 1. The van der Waals surface area contributed by atoms with Gasteiger partial charge in [-0.3, -0.25) is 4.79 Å². The Morgan fingerprint density at radius 1 is 0.941 bits per heavy atom. The number of benzene rings is 3. The molecule has 0 aromatic heterocycles. The second kappa shape index (κ2) is 11.9. The second-order valence-electron chi connectivity index (χ2n) is 8.13. The van der Waals surface area contributed by atoms with Gasteiger partial charge in [0.1, 0.15) is 5.75 Å². The zero-order chi connectivity index (χ0) is 24.7. The number of amides is 1. The fraction of sp³-hybridized carbons (Fsp3) is 0.259. The molecule has 0 atom stereocenters. The summed E-state index contributed by atoms with van der Waals surface area (Å²) in [6.07, 6.45) is 0. The Labute approximate surface area is 210 Å². The van der Waals surface area contributed by atoms with Crippen LogP contribution >= 0.6 is 23.2 Å². The van der Waals surface area contributed by atoms with Crippen molar-refractivity contribution in [2.24, 2.45) is 5.92 Å². The molecule has 0 aliphatic heterocycles. The first kappa shape index (κ1) is 25.6. The minimum absolute atomic E-state index is 0.213. The van der Waals surface area contributed by atoms with Crippen LogP contribution in [-0.2, 0) is 11.3 Å². The Balaban J connectivity index is 1.95. The zero-order valence-corrected chi connectivity index (χ0v) is 20.9. The molecule has 0 N–H and O–H groups in total. The second-order valence-corrected chi connectivity index (χ2v) is 8.97. The van der Waals surface area contributed by atoms with Crippen LogP contribution in [-0.4, -0.2) is 25.1 Å². The van der Waals surface area contributed by atoms with Crippen molar-refractivity contribution in [3.8, 4) is 5.75 Å². The Bertz CT molecular complexity index is 1150. The van der Waals surface area contributed by atoms with Crippen molar-refractivity contribution in [2.45, 2.75) is 27.3 Å². The highest BCUT2D eigenvalue weighted by Gasteiger charge is 2.21. The average Bonchev–Trinajstić information content (AvgIpc) is 2.82. The minimum Gasteiger partial charge on any atom is -0.493 e. The summed E-state index contributed by atoms with van der Waals surface area (Å²) in [4.78, 5) is 27.3. The molecule has 3 aromatic rings. The van der Waals surface area contributed by atoms with E-state index in [2.05, 4.69) is 13.8 Å². The molecular weight excluding hydrogens is 473 g/mol. The van der Waals surface area contributed by atoms with Crippen molar-refractivity contribution in [1.82, 2.24) is 0 Å². The van der Waals surface area contributed by atoms with E-state index in [9.17, 15) is 9.59 Å². The van der Waals surface area contributed by atoms with Crippen LogP contribution in [0.4, 0.5) is 5.69 Å². The van der Waals surface area contributed by atoms with Crippen LogP contribution in [0.1, 0.15) is 47.1 Å². The number of ether oxygens (including phenoxy) is 2. The number of carbonyl (C=O) groups is 2. The first-order valence-electron chi connectivity index (χ1n) is 11.0. The summed E-state index contributed by atoms with van der Waals surface area (Å²) in [6.45, 7) is 6.93. The van der Waals surface area contributed by atoms with Crippen LogP contribution in [0.25, 0.3) is 0 Å². The number of halogens is 2. The van der Waals surface area contributed by atoms with Crippen molar-refractivity contribution in [3.05, 3.63) is 93.5 Å². The summed E-state index contributed by atoms with van der Waals surface area (Å²) < 4.78 is 10.9. The molecule has 0 spiro atoms. The van der Waals surface area contributed by atoms with Gasteiger partial charge in [-0.25, -0.2) is 4.79 Å². The summed E-state index contributed by atoms with van der Waals surface area (Å²) in [6, 6.07) is 19.0. The summed E-state index contributed by atoms with van der Waals surface area (Å²) in [5.74, 6) is 0.343. The third-order valence-corrected chi connectivity index (χ3v) is 5.53. The number of esters is 1. The highest BCUT2D eigenvalue weighted by atomic mass is 35.5. The van der Waals surface area contributed by atoms with Gasteiger partial charge in [0.2, 0.25) is 0 Å². The molecule has 3 aromatic carbocycles. The van der Waals surface area contributed by atoms with Gasteiger partial charge in [-0.2, -0.15) is 0 Å². The van der Waals surface area contributed by atoms with E-state index in [4.69, 9.17) is 32.7 Å². The third-order valence-electron chi connectivity index (χ3n) is 4.94. The van der Waals surface area contributed by atoms with Crippen molar-refractivity contribution in [2.75, 3.05) is 18.1 Å². The van der Waals surface area contributed by atoms with E-state index >= 15 is 0 Å². The number of hydrogen-bond donors (Lipinski definition) is 0. The first-order valence-corrected chi connectivity index (χ1v) is 11.8. The molecule has 1 amide bonds. The molecule has 0 unspecified atom stereocenters. The smallest absolute Gasteiger partial charge is 0.338 e. The van der Waals surface area contributed by atoms with Gasteiger partial charge in [0.25, 0.3) is 5.91 Å². The van der Waals surface area contributed by atoms with Crippen LogP contribution in [0.5, 0.6) is 5.75 Å². The summed E-state index contributed by atoms with van der Waals surface area (Å²) in [5.41, 5.74) is 2.23. The molecule has 0 saturated heterocycles. The van der Waals surface area contributed by atoms with Gasteiger partial charge in [0.05, 0.1) is 25.3 Å². The van der Waals surface area contributed by atoms with E-state index in [1.54, 1.807) is 72.5 Å². The van der Waals surface area contributed by atoms with Crippen molar-refractivity contribution < 1.29 is 19.1 Å². The monoisotopic (exact) mass is 499 g/mol. The molecular formula is C27H27Cl2NO4. The minimum atomic E-state index is -0.414. The standard InChI is InChI=1S/C27H27Cl2NO4/c1-4-33-27(32)19-9-12-23(13-10-19)30(16-21-8-11-22(28)15-25(21)29)26(31)20-6-5-7-24(14-20)34-17-18(2)3/h5-15,18H,4,16-17H2,1-3H3. The molecule has 34 heavy (non-hydrogen) atoms. The molecule has 0 aliphatic rings. The van der Waals surface area contributed by atoms with E-state index < -0.39 is 5.97 Å². The maximum Gasteiger partial charge on any atom is 0.338 e. The maximum absolute atomic E-state index is 13.6. The topological polar surface area (TPSA) is 55.8 Å². The number of nitrogens with zero attached hydrogens (tertiary/aromatic N) is 1. The van der Waals surface area contributed by atoms with Crippen molar-refractivity contribution in [3.63, 3.8) is 0 Å². The Hall–Kier alpha value is -3.02. The first-order chi connectivity index (χ1) is 16.3. The molecule has 5 nitrogen and oxygen atoms in total.